The molecule has 0 saturated carbocycles. The lowest BCUT2D eigenvalue weighted by Gasteiger charge is -2.11. The third kappa shape index (κ3) is 4.05. The molecule has 0 aromatic heterocycles. The number of alkyl halides is 1. The van der Waals surface area contributed by atoms with Gasteiger partial charge in [-0.15, -0.1) is 0 Å². The van der Waals surface area contributed by atoms with Crippen LogP contribution >= 0.6 is 15.9 Å². The van der Waals surface area contributed by atoms with E-state index in [1.165, 1.54) is 0 Å². The zero-order chi connectivity index (χ0) is 14.4. The van der Waals surface area contributed by atoms with Gasteiger partial charge >= 0.3 is 0 Å². The first-order valence-corrected chi connectivity index (χ1v) is 7.48. The molecule has 0 heterocycles. The number of nitrogens with one attached hydrogen (secondary N) is 1. The summed E-state index contributed by atoms with van der Waals surface area (Å²) in [5.74, 6) is 0.0295. The lowest BCUT2D eigenvalue weighted by molar-refractivity contribution is -0.120. The SMILES string of the molecule is COCC(Br)CNC(=O)Cc1cccc2ccccc12. The molecular formula is C16H18BrNO2. The highest BCUT2D eigenvalue weighted by Gasteiger charge is 2.09. The van der Waals surface area contributed by atoms with Crippen molar-refractivity contribution in [2.24, 2.45) is 0 Å². The first-order valence-electron chi connectivity index (χ1n) is 6.57. The molecule has 2 aromatic carbocycles. The zero-order valence-electron chi connectivity index (χ0n) is 11.4. The Hall–Kier alpha value is -1.39. The topological polar surface area (TPSA) is 38.3 Å². The molecule has 0 fully saturated rings. The van der Waals surface area contributed by atoms with Crippen LogP contribution in [0.1, 0.15) is 5.56 Å². The maximum absolute atomic E-state index is 12.0. The predicted molar refractivity (Wildman–Crippen MR) is 85.3 cm³/mol. The Labute approximate surface area is 127 Å². The van der Waals surface area contributed by atoms with Crippen molar-refractivity contribution in [3.63, 3.8) is 0 Å². The summed E-state index contributed by atoms with van der Waals surface area (Å²) in [7, 11) is 1.65. The van der Waals surface area contributed by atoms with Crippen molar-refractivity contribution in [1.29, 1.82) is 0 Å². The van der Waals surface area contributed by atoms with Crippen molar-refractivity contribution in [3.8, 4) is 0 Å². The summed E-state index contributed by atoms with van der Waals surface area (Å²) < 4.78 is 5.01. The van der Waals surface area contributed by atoms with E-state index in [0.717, 1.165) is 16.3 Å². The number of rotatable bonds is 6. The van der Waals surface area contributed by atoms with E-state index < -0.39 is 0 Å². The van der Waals surface area contributed by atoms with Gasteiger partial charge in [0.05, 0.1) is 17.9 Å². The fraction of sp³-hybridized carbons (Fsp3) is 0.312. The Morgan fingerprint density at radius 3 is 2.80 bits per heavy atom. The number of carbonyl (C=O) groups excluding carboxylic acids is 1. The van der Waals surface area contributed by atoms with Crippen molar-refractivity contribution in [1.82, 2.24) is 5.32 Å². The van der Waals surface area contributed by atoms with Gasteiger partial charge < -0.3 is 10.1 Å². The van der Waals surface area contributed by atoms with E-state index in [1.807, 2.05) is 24.3 Å². The molecule has 0 aliphatic rings. The minimum atomic E-state index is 0.0295. The summed E-state index contributed by atoms with van der Waals surface area (Å²) in [5, 5.41) is 5.21. The summed E-state index contributed by atoms with van der Waals surface area (Å²) in [6, 6.07) is 14.2. The lowest BCUT2D eigenvalue weighted by atomic mass is 10.0. The van der Waals surface area contributed by atoms with E-state index in [0.29, 0.717) is 19.6 Å². The Morgan fingerprint density at radius 1 is 1.25 bits per heavy atom. The van der Waals surface area contributed by atoms with Crippen LogP contribution in [0.4, 0.5) is 0 Å². The summed E-state index contributed by atoms with van der Waals surface area (Å²) in [6.45, 7) is 1.14. The number of fused-ring (bicyclic) bond motifs is 1. The molecule has 0 bridgehead atoms. The van der Waals surface area contributed by atoms with Crippen LogP contribution in [-0.2, 0) is 16.0 Å². The summed E-state index contributed by atoms with van der Waals surface area (Å²) in [5.41, 5.74) is 1.05. The smallest absolute Gasteiger partial charge is 0.224 e. The van der Waals surface area contributed by atoms with E-state index in [9.17, 15) is 4.79 Å². The molecule has 0 saturated heterocycles. The molecule has 1 unspecified atom stereocenters. The van der Waals surface area contributed by atoms with Crippen LogP contribution in [0.3, 0.4) is 0 Å². The van der Waals surface area contributed by atoms with Gasteiger partial charge in [0.1, 0.15) is 0 Å². The largest absolute Gasteiger partial charge is 0.383 e. The van der Waals surface area contributed by atoms with E-state index in [1.54, 1.807) is 7.11 Å². The van der Waals surface area contributed by atoms with Gasteiger partial charge in [-0.25, -0.2) is 0 Å². The Morgan fingerprint density at radius 2 is 2.00 bits per heavy atom. The van der Waals surface area contributed by atoms with Gasteiger partial charge in [0.2, 0.25) is 5.91 Å². The van der Waals surface area contributed by atoms with Crippen molar-refractivity contribution in [2.75, 3.05) is 20.3 Å². The molecule has 2 aromatic rings. The normalized spacial score (nSPS) is 12.3. The fourth-order valence-electron chi connectivity index (χ4n) is 2.15. The van der Waals surface area contributed by atoms with Gasteiger partial charge in [-0.2, -0.15) is 0 Å². The van der Waals surface area contributed by atoms with Crippen LogP contribution in [-0.4, -0.2) is 31.0 Å². The molecule has 3 nitrogen and oxygen atoms in total. The Kier molecular flexibility index (Phi) is 5.56. The molecule has 20 heavy (non-hydrogen) atoms. The number of hydrogen-bond donors (Lipinski definition) is 1. The number of ether oxygens (including phenoxy) is 1. The third-order valence-electron chi connectivity index (χ3n) is 3.10. The van der Waals surface area contributed by atoms with Crippen LogP contribution < -0.4 is 5.32 Å². The van der Waals surface area contributed by atoms with E-state index in [-0.39, 0.29) is 10.7 Å². The van der Waals surface area contributed by atoms with E-state index >= 15 is 0 Å². The number of benzene rings is 2. The third-order valence-corrected chi connectivity index (χ3v) is 3.69. The highest BCUT2D eigenvalue weighted by molar-refractivity contribution is 9.09. The lowest BCUT2D eigenvalue weighted by Crippen LogP contribution is -2.32. The quantitative estimate of drug-likeness (QED) is 0.824. The van der Waals surface area contributed by atoms with Gasteiger partial charge in [0.25, 0.3) is 0 Å². The second kappa shape index (κ2) is 7.41. The molecule has 0 aliphatic carbocycles. The first kappa shape index (κ1) is 15.0. The van der Waals surface area contributed by atoms with Crippen LogP contribution in [0.2, 0.25) is 0 Å². The average Bonchev–Trinajstić information content (AvgIpc) is 2.46. The predicted octanol–water partition coefficient (Wildman–Crippen LogP) is 2.91. The number of hydrogen-bond acceptors (Lipinski definition) is 2. The van der Waals surface area contributed by atoms with Crippen LogP contribution in [0, 0.1) is 0 Å². The van der Waals surface area contributed by atoms with E-state index in [2.05, 4.69) is 39.4 Å². The second-order valence-corrected chi connectivity index (χ2v) is 5.97. The van der Waals surface area contributed by atoms with Gasteiger partial charge in [-0.1, -0.05) is 58.4 Å². The van der Waals surface area contributed by atoms with Crippen LogP contribution in [0.5, 0.6) is 0 Å². The molecule has 1 amide bonds. The molecule has 0 radical (unpaired) electrons. The van der Waals surface area contributed by atoms with Gasteiger partial charge in [0.15, 0.2) is 0 Å². The standard InChI is InChI=1S/C16H18BrNO2/c1-20-11-14(17)10-18-16(19)9-13-7-4-6-12-5-2-3-8-15(12)13/h2-8,14H,9-11H2,1H3,(H,18,19). The van der Waals surface area contributed by atoms with Crippen molar-refractivity contribution in [3.05, 3.63) is 48.0 Å². The van der Waals surface area contributed by atoms with Crippen molar-refractivity contribution in [2.45, 2.75) is 11.2 Å². The average molecular weight is 336 g/mol. The summed E-state index contributed by atoms with van der Waals surface area (Å²) in [6.07, 6.45) is 0.397. The zero-order valence-corrected chi connectivity index (χ0v) is 13.0. The van der Waals surface area contributed by atoms with Crippen molar-refractivity contribution >= 4 is 32.6 Å². The maximum atomic E-state index is 12.0. The summed E-state index contributed by atoms with van der Waals surface area (Å²) in [4.78, 5) is 12.1. The number of methoxy groups -OCH3 is 1. The van der Waals surface area contributed by atoms with Gasteiger partial charge in [-0.05, 0) is 16.3 Å². The van der Waals surface area contributed by atoms with Crippen LogP contribution in [0.15, 0.2) is 42.5 Å². The first-order chi connectivity index (χ1) is 9.70. The number of amides is 1. The molecule has 4 heteroatoms. The highest BCUT2D eigenvalue weighted by atomic mass is 79.9. The number of halogens is 1. The Balaban J connectivity index is 1.99. The molecule has 1 atom stereocenters. The summed E-state index contributed by atoms with van der Waals surface area (Å²) >= 11 is 3.45. The molecule has 106 valence electrons. The molecule has 0 spiro atoms. The molecule has 1 N–H and O–H groups in total. The minimum absolute atomic E-state index is 0.0295. The molecule has 0 aliphatic heterocycles. The second-order valence-electron chi connectivity index (χ2n) is 4.67. The number of carbonyl (C=O) groups is 1. The van der Waals surface area contributed by atoms with Crippen LogP contribution in [0.25, 0.3) is 10.8 Å². The van der Waals surface area contributed by atoms with Crippen molar-refractivity contribution < 1.29 is 9.53 Å². The fourth-order valence-corrected chi connectivity index (χ4v) is 2.57. The highest BCUT2D eigenvalue weighted by Crippen LogP contribution is 2.18. The van der Waals surface area contributed by atoms with Gasteiger partial charge in [-0.3, -0.25) is 4.79 Å². The molecule has 2 rings (SSSR count). The Bertz CT molecular complexity index is 580. The van der Waals surface area contributed by atoms with E-state index in [4.69, 9.17) is 4.74 Å². The monoisotopic (exact) mass is 335 g/mol. The molecular weight excluding hydrogens is 318 g/mol. The maximum Gasteiger partial charge on any atom is 0.224 e. The minimum Gasteiger partial charge on any atom is -0.383 e. The van der Waals surface area contributed by atoms with Gasteiger partial charge in [0, 0.05) is 13.7 Å².